The normalized spacial score (nSPS) is 15.4. The number of hydrogen-bond acceptors (Lipinski definition) is 4. The summed E-state index contributed by atoms with van der Waals surface area (Å²) in [6.07, 6.45) is 4.33. The van der Waals surface area contributed by atoms with Crippen LogP contribution in [0, 0.1) is 6.92 Å². The fourth-order valence-corrected chi connectivity index (χ4v) is 4.94. The number of carbonyl (C=O) groups excluding carboxylic acids is 1. The van der Waals surface area contributed by atoms with Crippen molar-refractivity contribution < 1.29 is 13.2 Å². The number of benzene rings is 2. The van der Waals surface area contributed by atoms with E-state index in [0.29, 0.717) is 29.9 Å². The first-order valence-electron chi connectivity index (χ1n) is 9.41. The van der Waals surface area contributed by atoms with Crippen LogP contribution in [-0.4, -0.2) is 36.2 Å². The molecular formula is C21H22N4O3S. The SMILES string of the molecule is Cc1nccn1Cc1ccc(NC(=O)c2ccc(N3CCCS3(=O)=O)cc2)cc1. The Bertz CT molecular complexity index is 1120. The van der Waals surface area contributed by atoms with Gasteiger partial charge < -0.3 is 9.88 Å². The van der Waals surface area contributed by atoms with Gasteiger partial charge in [-0.15, -0.1) is 0 Å². The van der Waals surface area contributed by atoms with E-state index in [1.165, 1.54) is 4.31 Å². The van der Waals surface area contributed by atoms with E-state index in [1.807, 2.05) is 37.4 Å². The number of aromatic nitrogens is 2. The van der Waals surface area contributed by atoms with Crippen LogP contribution in [0.5, 0.6) is 0 Å². The number of nitrogens with zero attached hydrogens (tertiary/aromatic N) is 3. The quantitative estimate of drug-likeness (QED) is 0.701. The zero-order chi connectivity index (χ0) is 20.4. The molecule has 0 atom stereocenters. The molecule has 0 spiro atoms. The molecule has 0 aliphatic carbocycles. The highest BCUT2D eigenvalue weighted by Gasteiger charge is 2.28. The zero-order valence-electron chi connectivity index (χ0n) is 16.1. The fraction of sp³-hybridized carbons (Fsp3) is 0.238. The Balaban J connectivity index is 1.41. The van der Waals surface area contributed by atoms with Gasteiger partial charge in [0.25, 0.3) is 5.91 Å². The third-order valence-corrected chi connectivity index (χ3v) is 6.87. The van der Waals surface area contributed by atoms with Crippen molar-refractivity contribution in [2.45, 2.75) is 19.9 Å². The highest BCUT2D eigenvalue weighted by Crippen LogP contribution is 2.24. The number of carbonyl (C=O) groups is 1. The Morgan fingerprint density at radius 2 is 1.83 bits per heavy atom. The van der Waals surface area contributed by atoms with Gasteiger partial charge in [-0.25, -0.2) is 13.4 Å². The van der Waals surface area contributed by atoms with E-state index in [9.17, 15) is 13.2 Å². The summed E-state index contributed by atoms with van der Waals surface area (Å²) in [6, 6.07) is 14.3. The maximum atomic E-state index is 12.5. The van der Waals surface area contributed by atoms with Crippen LogP contribution in [0.15, 0.2) is 60.9 Å². The number of amides is 1. The molecule has 0 bridgehead atoms. The monoisotopic (exact) mass is 410 g/mol. The summed E-state index contributed by atoms with van der Waals surface area (Å²) in [4.78, 5) is 16.7. The molecule has 4 rings (SSSR count). The predicted octanol–water partition coefficient (Wildman–Crippen LogP) is 3.03. The van der Waals surface area contributed by atoms with Crippen molar-refractivity contribution in [1.29, 1.82) is 0 Å². The first-order valence-corrected chi connectivity index (χ1v) is 11.0. The molecule has 1 saturated heterocycles. The van der Waals surface area contributed by atoms with Crippen LogP contribution in [-0.2, 0) is 16.6 Å². The highest BCUT2D eigenvalue weighted by atomic mass is 32.2. The van der Waals surface area contributed by atoms with Crippen LogP contribution < -0.4 is 9.62 Å². The van der Waals surface area contributed by atoms with Gasteiger partial charge in [0.05, 0.1) is 11.4 Å². The second kappa shape index (κ2) is 7.71. The Kier molecular flexibility index (Phi) is 5.10. The van der Waals surface area contributed by atoms with Gasteiger partial charge in [-0.2, -0.15) is 0 Å². The van der Waals surface area contributed by atoms with Crippen molar-refractivity contribution in [3.05, 3.63) is 77.9 Å². The molecule has 2 heterocycles. The molecule has 2 aromatic carbocycles. The summed E-state index contributed by atoms with van der Waals surface area (Å²) in [6.45, 7) is 3.17. The van der Waals surface area contributed by atoms with Gasteiger partial charge in [-0.3, -0.25) is 9.10 Å². The smallest absolute Gasteiger partial charge is 0.255 e. The third kappa shape index (κ3) is 4.17. The summed E-state index contributed by atoms with van der Waals surface area (Å²) < 4.78 is 27.5. The van der Waals surface area contributed by atoms with E-state index in [4.69, 9.17) is 0 Å². The minimum Gasteiger partial charge on any atom is -0.331 e. The summed E-state index contributed by atoms with van der Waals surface area (Å²) in [5, 5.41) is 2.87. The second-order valence-electron chi connectivity index (χ2n) is 7.04. The van der Waals surface area contributed by atoms with Gasteiger partial charge in [0.15, 0.2) is 0 Å². The third-order valence-electron chi connectivity index (χ3n) is 5.01. The number of anilines is 2. The molecule has 3 aromatic rings. The van der Waals surface area contributed by atoms with Crippen molar-refractivity contribution in [1.82, 2.24) is 9.55 Å². The second-order valence-corrected chi connectivity index (χ2v) is 9.05. The Labute approximate surface area is 170 Å². The lowest BCUT2D eigenvalue weighted by atomic mass is 10.1. The summed E-state index contributed by atoms with van der Waals surface area (Å²) in [7, 11) is -3.22. The van der Waals surface area contributed by atoms with Crippen LogP contribution in [0.3, 0.4) is 0 Å². The molecule has 0 saturated carbocycles. The first-order chi connectivity index (χ1) is 13.9. The van der Waals surface area contributed by atoms with Gasteiger partial charge in [0.2, 0.25) is 10.0 Å². The lowest BCUT2D eigenvalue weighted by Crippen LogP contribution is -2.25. The number of rotatable bonds is 5. The number of sulfonamides is 1. The lowest BCUT2D eigenvalue weighted by molar-refractivity contribution is 0.102. The molecule has 0 radical (unpaired) electrons. The lowest BCUT2D eigenvalue weighted by Gasteiger charge is -2.17. The molecule has 1 N–H and O–H groups in total. The molecule has 7 nitrogen and oxygen atoms in total. The van der Waals surface area contributed by atoms with E-state index in [0.717, 1.165) is 17.9 Å². The number of imidazole rings is 1. The fourth-order valence-electron chi connectivity index (χ4n) is 3.37. The average Bonchev–Trinajstić information content (AvgIpc) is 3.28. The first kappa shape index (κ1) is 19.2. The number of nitrogens with one attached hydrogen (secondary N) is 1. The van der Waals surface area contributed by atoms with Crippen LogP contribution in [0.1, 0.15) is 28.2 Å². The highest BCUT2D eigenvalue weighted by molar-refractivity contribution is 7.93. The Hall–Kier alpha value is -3.13. The van der Waals surface area contributed by atoms with Crippen molar-refractivity contribution in [3.8, 4) is 0 Å². The summed E-state index contributed by atoms with van der Waals surface area (Å²) in [5.74, 6) is 0.887. The van der Waals surface area contributed by atoms with E-state index in [-0.39, 0.29) is 11.7 Å². The van der Waals surface area contributed by atoms with Gasteiger partial charge in [0.1, 0.15) is 5.82 Å². The molecule has 150 valence electrons. The molecule has 1 aromatic heterocycles. The van der Waals surface area contributed by atoms with Crippen molar-refractivity contribution >= 4 is 27.3 Å². The van der Waals surface area contributed by atoms with Crippen LogP contribution in [0.4, 0.5) is 11.4 Å². The molecule has 29 heavy (non-hydrogen) atoms. The molecule has 1 aliphatic heterocycles. The minimum atomic E-state index is -3.22. The van der Waals surface area contributed by atoms with E-state index in [1.54, 1.807) is 30.5 Å². The number of hydrogen-bond donors (Lipinski definition) is 1. The van der Waals surface area contributed by atoms with E-state index in [2.05, 4.69) is 14.9 Å². The predicted molar refractivity (Wildman–Crippen MR) is 113 cm³/mol. The van der Waals surface area contributed by atoms with Crippen LogP contribution in [0.25, 0.3) is 0 Å². The largest absolute Gasteiger partial charge is 0.331 e. The Morgan fingerprint density at radius 1 is 1.10 bits per heavy atom. The van der Waals surface area contributed by atoms with Gasteiger partial charge in [-0.05, 0) is 55.3 Å². The topological polar surface area (TPSA) is 84.3 Å². The van der Waals surface area contributed by atoms with Crippen molar-refractivity contribution in [3.63, 3.8) is 0 Å². The maximum absolute atomic E-state index is 12.5. The van der Waals surface area contributed by atoms with Crippen LogP contribution in [0.2, 0.25) is 0 Å². The van der Waals surface area contributed by atoms with Gasteiger partial charge in [-0.1, -0.05) is 12.1 Å². The van der Waals surface area contributed by atoms with Gasteiger partial charge >= 0.3 is 0 Å². The molecular weight excluding hydrogens is 388 g/mol. The summed E-state index contributed by atoms with van der Waals surface area (Å²) >= 11 is 0. The molecule has 1 fully saturated rings. The molecule has 1 aliphatic rings. The number of aryl methyl sites for hydroxylation is 1. The maximum Gasteiger partial charge on any atom is 0.255 e. The zero-order valence-corrected chi connectivity index (χ0v) is 16.9. The molecule has 0 unspecified atom stereocenters. The van der Waals surface area contributed by atoms with Crippen LogP contribution >= 0.6 is 0 Å². The van der Waals surface area contributed by atoms with Gasteiger partial charge in [0, 0.05) is 36.7 Å². The van der Waals surface area contributed by atoms with E-state index < -0.39 is 10.0 Å². The van der Waals surface area contributed by atoms with Crippen molar-refractivity contribution in [2.24, 2.45) is 0 Å². The van der Waals surface area contributed by atoms with E-state index >= 15 is 0 Å². The summed E-state index contributed by atoms with van der Waals surface area (Å²) in [5.41, 5.74) is 2.88. The van der Waals surface area contributed by atoms with Crippen molar-refractivity contribution in [2.75, 3.05) is 21.9 Å². The molecule has 8 heteroatoms. The minimum absolute atomic E-state index is 0.172. The standard InChI is InChI=1S/C21H22N4O3S/c1-16-22-11-13-24(16)15-17-3-7-19(8-4-17)23-21(26)18-5-9-20(10-6-18)25-12-2-14-29(25,27)28/h3-11,13H,2,12,14-15H2,1H3,(H,23,26). The Morgan fingerprint density at radius 3 is 2.41 bits per heavy atom. The average molecular weight is 410 g/mol. The molecule has 1 amide bonds.